The monoisotopic (exact) mass is 509 g/mol. The molecule has 0 fully saturated rings. The lowest BCUT2D eigenvalue weighted by Gasteiger charge is -2.24. The van der Waals surface area contributed by atoms with Crippen LogP contribution < -0.4 is 4.74 Å². The third-order valence-corrected chi connectivity index (χ3v) is 6.27. The highest BCUT2D eigenvalue weighted by molar-refractivity contribution is 7.11. The van der Waals surface area contributed by atoms with Gasteiger partial charge in [-0.05, 0) is 25.5 Å². The highest BCUT2D eigenvalue weighted by Gasteiger charge is 2.34. The van der Waals surface area contributed by atoms with E-state index >= 15 is 0 Å². The van der Waals surface area contributed by atoms with E-state index in [4.69, 9.17) is 4.74 Å². The van der Waals surface area contributed by atoms with Crippen LogP contribution in [0.5, 0.6) is 5.19 Å². The number of halogens is 3. The number of aryl methyl sites for hydroxylation is 1. The van der Waals surface area contributed by atoms with E-state index in [0.717, 1.165) is 16.3 Å². The van der Waals surface area contributed by atoms with E-state index in [2.05, 4.69) is 10.1 Å². The van der Waals surface area contributed by atoms with Crippen LogP contribution in [0.1, 0.15) is 40.4 Å². The SMILES string of the molecule is Cc1cc(C(F)(F)F)nn1CC(=O)N(C)CCOc1nc(C(=O)N(C)[C@H](C)c2ccccc2)cs1. The Morgan fingerprint density at radius 3 is 2.51 bits per heavy atom. The summed E-state index contributed by atoms with van der Waals surface area (Å²) >= 11 is 1.17. The molecule has 8 nitrogen and oxygen atoms in total. The van der Waals surface area contributed by atoms with Crippen molar-refractivity contribution >= 4 is 23.2 Å². The van der Waals surface area contributed by atoms with E-state index < -0.39 is 17.8 Å². The molecule has 3 aromatic rings. The predicted molar refractivity (Wildman–Crippen MR) is 124 cm³/mol. The van der Waals surface area contributed by atoms with Gasteiger partial charge in [0.1, 0.15) is 18.8 Å². The minimum absolute atomic E-state index is 0.103. The zero-order valence-electron chi connectivity index (χ0n) is 19.7. The number of hydrogen-bond acceptors (Lipinski definition) is 6. The van der Waals surface area contributed by atoms with Gasteiger partial charge in [-0.1, -0.05) is 41.7 Å². The number of alkyl halides is 3. The Bertz CT molecular complexity index is 1160. The molecule has 0 unspecified atom stereocenters. The van der Waals surface area contributed by atoms with Crippen molar-refractivity contribution in [3.05, 3.63) is 64.4 Å². The van der Waals surface area contributed by atoms with Gasteiger partial charge >= 0.3 is 6.18 Å². The van der Waals surface area contributed by atoms with Crippen molar-refractivity contribution in [2.75, 3.05) is 27.2 Å². The maximum absolute atomic E-state index is 12.8. The topological polar surface area (TPSA) is 80.6 Å². The second-order valence-electron chi connectivity index (χ2n) is 7.99. The molecular formula is C23H26F3N5O3S. The van der Waals surface area contributed by atoms with Gasteiger partial charge < -0.3 is 14.5 Å². The third-order valence-electron chi connectivity index (χ3n) is 5.52. The minimum atomic E-state index is -4.57. The van der Waals surface area contributed by atoms with Crippen molar-refractivity contribution in [2.24, 2.45) is 0 Å². The van der Waals surface area contributed by atoms with E-state index in [0.29, 0.717) is 0 Å². The molecule has 1 atom stereocenters. The van der Waals surface area contributed by atoms with Crippen molar-refractivity contribution in [1.82, 2.24) is 24.6 Å². The Morgan fingerprint density at radius 2 is 1.89 bits per heavy atom. The largest absolute Gasteiger partial charge is 0.468 e. The van der Waals surface area contributed by atoms with Gasteiger partial charge in [0, 0.05) is 25.2 Å². The molecule has 0 aliphatic rings. The molecule has 1 aromatic carbocycles. The van der Waals surface area contributed by atoms with Crippen LogP contribution in [0.2, 0.25) is 0 Å². The van der Waals surface area contributed by atoms with E-state index in [1.165, 1.54) is 30.2 Å². The molecule has 0 bridgehead atoms. The fourth-order valence-electron chi connectivity index (χ4n) is 3.19. The summed E-state index contributed by atoms with van der Waals surface area (Å²) in [4.78, 5) is 32.3. The molecule has 0 radical (unpaired) electrons. The Kier molecular flexibility index (Phi) is 8.15. The van der Waals surface area contributed by atoms with Crippen LogP contribution in [0, 0.1) is 6.92 Å². The first-order valence-corrected chi connectivity index (χ1v) is 11.6. The van der Waals surface area contributed by atoms with E-state index in [9.17, 15) is 22.8 Å². The second kappa shape index (κ2) is 10.9. The highest BCUT2D eigenvalue weighted by Crippen LogP contribution is 2.28. The summed E-state index contributed by atoms with van der Waals surface area (Å²) in [5, 5.41) is 5.36. The van der Waals surface area contributed by atoms with Crippen molar-refractivity contribution in [1.29, 1.82) is 0 Å². The fraction of sp³-hybridized carbons (Fsp3) is 0.391. The number of rotatable bonds is 9. The summed E-state index contributed by atoms with van der Waals surface area (Å²) in [7, 11) is 3.23. The van der Waals surface area contributed by atoms with Crippen molar-refractivity contribution < 1.29 is 27.5 Å². The Morgan fingerprint density at radius 1 is 1.20 bits per heavy atom. The molecule has 3 rings (SSSR count). The molecule has 0 aliphatic carbocycles. The number of carbonyl (C=O) groups is 2. The average Bonchev–Trinajstić information content (AvgIpc) is 3.45. The van der Waals surface area contributed by atoms with Gasteiger partial charge in [0.2, 0.25) is 5.91 Å². The van der Waals surface area contributed by atoms with E-state index in [1.807, 2.05) is 37.3 Å². The smallest absolute Gasteiger partial charge is 0.435 e. The van der Waals surface area contributed by atoms with Gasteiger partial charge in [-0.2, -0.15) is 23.3 Å². The van der Waals surface area contributed by atoms with Gasteiger partial charge in [0.15, 0.2) is 5.69 Å². The number of thiazole rings is 1. The molecule has 2 aromatic heterocycles. The molecule has 2 heterocycles. The first-order chi connectivity index (χ1) is 16.5. The molecule has 12 heteroatoms. The average molecular weight is 510 g/mol. The molecule has 0 spiro atoms. The molecule has 0 aliphatic heterocycles. The lowest BCUT2D eigenvalue weighted by atomic mass is 10.1. The van der Waals surface area contributed by atoms with Crippen molar-refractivity contribution in [3.63, 3.8) is 0 Å². The Hall–Kier alpha value is -3.41. The number of carbonyl (C=O) groups excluding carboxylic acids is 2. The van der Waals surface area contributed by atoms with Crippen molar-refractivity contribution in [3.8, 4) is 5.19 Å². The second-order valence-corrected chi connectivity index (χ2v) is 8.81. The van der Waals surface area contributed by atoms with Crippen LogP contribution in [0.15, 0.2) is 41.8 Å². The maximum atomic E-state index is 12.8. The molecule has 0 saturated heterocycles. The molecule has 0 saturated carbocycles. The van der Waals surface area contributed by atoms with Crippen LogP contribution in [0.3, 0.4) is 0 Å². The minimum Gasteiger partial charge on any atom is -0.468 e. The zero-order chi connectivity index (χ0) is 25.8. The lowest BCUT2D eigenvalue weighted by molar-refractivity contribution is -0.142. The molecule has 0 N–H and O–H groups in total. The Labute approximate surface area is 204 Å². The van der Waals surface area contributed by atoms with Crippen LogP contribution in [-0.4, -0.2) is 63.6 Å². The van der Waals surface area contributed by atoms with Crippen LogP contribution in [0.25, 0.3) is 0 Å². The summed E-state index contributed by atoms with van der Waals surface area (Å²) in [6.45, 7) is 3.35. The van der Waals surface area contributed by atoms with Gasteiger partial charge in [-0.25, -0.2) is 0 Å². The third kappa shape index (κ3) is 6.59. The summed E-state index contributed by atoms with van der Waals surface area (Å²) < 4.78 is 45.0. The number of benzene rings is 1. The molecular weight excluding hydrogens is 483 g/mol. The number of nitrogens with zero attached hydrogens (tertiary/aromatic N) is 5. The molecule has 35 heavy (non-hydrogen) atoms. The van der Waals surface area contributed by atoms with Gasteiger partial charge in [0.05, 0.1) is 12.6 Å². The number of ether oxygens (including phenoxy) is 1. The lowest BCUT2D eigenvalue weighted by Crippen LogP contribution is -2.34. The van der Waals surface area contributed by atoms with Gasteiger partial charge in [0.25, 0.3) is 11.1 Å². The van der Waals surface area contributed by atoms with Gasteiger partial charge in [-0.3, -0.25) is 14.3 Å². The fourth-order valence-corrected chi connectivity index (χ4v) is 3.85. The highest BCUT2D eigenvalue weighted by atomic mass is 32.1. The van der Waals surface area contributed by atoms with Crippen LogP contribution in [-0.2, 0) is 17.5 Å². The summed E-state index contributed by atoms with van der Waals surface area (Å²) in [6, 6.07) is 10.4. The quantitative estimate of drug-likeness (QED) is 0.435. The maximum Gasteiger partial charge on any atom is 0.435 e. The predicted octanol–water partition coefficient (Wildman–Crippen LogP) is 4.04. The van der Waals surface area contributed by atoms with E-state index in [-0.39, 0.29) is 48.2 Å². The summed E-state index contributed by atoms with van der Waals surface area (Å²) in [6.07, 6.45) is -4.57. The molecule has 188 valence electrons. The van der Waals surface area contributed by atoms with Crippen LogP contribution in [0.4, 0.5) is 13.2 Å². The molecule has 2 amide bonds. The van der Waals surface area contributed by atoms with Crippen LogP contribution >= 0.6 is 11.3 Å². The zero-order valence-corrected chi connectivity index (χ0v) is 20.6. The summed E-state index contributed by atoms with van der Waals surface area (Å²) in [5.41, 5.74) is 0.464. The first-order valence-electron chi connectivity index (χ1n) is 10.7. The number of amides is 2. The standard InChI is InChI=1S/C23H26F3N5O3S/c1-15-12-19(23(24,25)26)28-31(15)13-20(32)29(3)10-11-34-22-27-18(14-35-22)21(33)30(4)16(2)17-8-6-5-7-9-17/h5-9,12,14,16H,10-11,13H2,1-4H3/t16-/m1/s1. The number of aromatic nitrogens is 3. The van der Waals surface area contributed by atoms with Gasteiger partial charge in [-0.15, -0.1) is 0 Å². The normalized spacial score (nSPS) is 12.3. The van der Waals surface area contributed by atoms with E-state index in [1.54, 1.807) is 17.3 Å². The summed E-state index contributed by atoms with van der Waals surface area (Å²) in [5.74, 6) is -0.660. The first kappa shape index (κ1) is 26.2. The van der Waals surface area contributed by atoms with Crippen molar-refractivity contribution in [2.45, 2.75) is 32.6 Å². The Balaban J connectivity index is 1.49. The number of likely N-dealkylation sites (N-methyl/N-ethyl adjacent to an activating group) is 1. The number of hydrogen-bond donors (Lipinski definition) is 0.